The second kappa shape index (κ2) is 45.2. The molecule has 0 bridgehead atoms. The fourth-order valence-corrected chi connectivity index (χ4v) is 0. The summed E-state index contributed by atoms with van der Waals surface area (Å²) in [6.07, 6.45) is 0. The van der Waals surface area contributed by atoms with E-state index in [4.69, 9.17) is 52.3 Å². The Labute approximate surface area is 214 Å². The van der Waals surface area contributed by atoms with Gasteiger partial charge in [-0.25, -0.2) is 0 Å². The molecule has 0 saturated heterocycles. The van der Waals surface area contributed by atoms with Crippen molar-refractivity contribution in [3.05, 3.63) is 0 Å². The van der Waals surface area contributed by atoms with Crippen LogP contribution in [0.15, 0.2) is 0 Å². The summed E-state index contributed by atoms with van der Waals surface area (Å²) in [7, 11) is 0. The summed E-state index contributed by atoms with van der Waals surface area (Å²) in [6, 6.07) is 0. The van der Waals surface area contributed by atoms with Gasteiger partial charge in [0.05, 0.1) is 0 Å². The van der Waals surface area contributed by atoms with E-state index in [0.717, 1.165) is 0 Å². The molecule has 0 amide bonds. The predicted octanol–water partition coefficient (Wildman–Crippen LogP) is -10.7. The van der Waals surface area contributed by atoms with Crippen LogP contribution >= 0.6 is 0 Å². The van der Waals surface area contributed by atoms with E-state index >= 15 is 0 Å². The fourth-order valence-electron chi connectivity index (χ4n) is 0. The van der Waals surface area contributed by atoms with Crippen molar-refractivity contribution in [3.63, 3.8) is 0 Å². The summed E-state index contributed by atoms with van der Waals surface area (Å²) < 4.78 is 129. The van der Waals surface area contributed by atoms with Gasteiger partial charge >= 0.3 is 219 Å². The van der Waals surface area contributed by atoms with E-state index in [1.54, 1.807) is 0 Å². The fraction of sp³-hybridized carbons (Fsp3) is 0. The molecule has 0 saturated carbocycles. The summed E-state index contributed by atoms with van der Waals surface area (Å²) in [4.78, 5) is 0. The second-order valence-corrected chi connectivity index (χ2v) is 5.74. The van der Waals surface area contributed by atoms with Crippen molar-refractivity contribution < 1.29 is 191 Å². The van der Waals surface area contributed by atoms with E-state index in [9.17, 15) is 0 Å². The molecule has 0 rings (SSSR count). The van der Waals surface area contributed by atoms with Crippen molar-refractivity contribution in [3.8, 4) is 0 Å². The summed E-state index contributed by atoms with van der Waals surface area (Å²) >= 11 is -20.6. The van der Waals surface area contributed by atoms with Crippen LogP contribution in [0, 0.1) is 0 Å². The van der Waals surface area contributed by atoms with Crippen molar-refractivity contribution in [2.75, 3.05) is 0 Å². The Morgan fingerprint density at radius 1 is 0.565 bits per heavy atom. The molecule has 0 fully saturated rings. The van der Waals surface area contributed by atoms with E-state index in [-0.39, 0.29) is 73.0 Å². The first-order valence-electron chi connectivity index (χ1n) is 2.93. The molecule has 122 valence electrons. The van der Waals surface area contributed by atoms with Crippen molar-refractivity contribution in [1.29, 1.82) is 0 Å². The Morgan fingerprint density at radius 3 is 0.565 bits per heavy atom. The van der Waals surface area contributed by atoms with Crippen molar-refractivity contribution in [1.82, 2.24) is 0 Å². The van der Waals surface area contributed by atoms with Gasteiger partial charge in [0.2, 0.25) is 0 Å². The third-order valence-electron chi connectivity index (χ3n) is 0. The van der Waals surface area contributed by atoms with Crippen LogP contribution in [0.2, 0.25) is 0 Å². The van der Waals surface area contributed by atoms with E-state index in [1.165, 1.54) is 0 Å². The molecule has 23 heavy (non-hydrogen) atoms. The average Bonchev–Trinajstić information content (AvgIpc) is 1.94. The molecule has 0 aliphatic rings. The first-order chi connectivity index (χ1) is 8.66. The third kappa shape index (κ3) is 831. The van der Waals surface area contributed by atoms with Crippen LogP contribution in [0.25, 0.3) is 0 Å². The second-order valence-electron chi connectivity index (χ2n) is 1.20. The van der Waals surface area contributed by atoms with Crippen LogP contribution in [0.4, 0.5) is 0 Å². The summed E-state index contributed by atoms with van der Waals surface area (Å²) in [6.45, 7) is 0. The molecular formula is Nb2O15PbTi3ZnZr. The molecule has 0 aromatic heterocycles. The number of rotatable bonds is 0. The quantitative estimate of drug-likeness (QED) is 0.204. The van der Waals surface area contributed by atoms with Crippen LogP contribution in [0.1, 0.15) is 0 Å². The summed E-state index contributed by atoms with van der Waals surface area (Å²) in [5.74, 6) is 0. The molecule has 23 heteroatoms. The Morgan fingerprint density at radius 2 is 0.565 bits per heavy atom. The van der Waals surface area contributed by atoms with Gasteiger partial charge in [-0.3, -0.25) is 0 Å². The molecule has 0 heterocycles. The average molecular weight is 933 g/mol. The molecule has 0 aromatic carbocycles. The topological polar surface area (TPSA) is 304 Å². The summed E-state index contributed by atoms with van der Waals surface area (Å²) in [5, 5.41) is 0. The number of hydrogen-bond donors (Lipinski definition) is 0. The molecule has 0 aliphatic carbocycles. The molecule has 15 nitrogen and oxygen atoms in total. The van der Waals surface area contributed by atoms with Crippen molar-refractivity contribution in [2.24, 2.45) is 0 Å². The molecule has 2 radical (unpaired) electrons. The van der Waals surface area contributed by atoms with Gasteiger partial charge in [-0.2, -0.15) is 0 Å². The molecule has 0 aliphatic heterocycles. The van der Waals surface area contributed by atoms with Gasteiger partial charge in [-0.05, 0) is 0 Å². The van der Waals surface area contributed by atoms with E-state index in [1.807, 2.05) is 0 Å². The first-order valence-corrected chi connectivity index (χ1v) is 14.1. The molecular weight excluding hydrogens is 933 g/mol. The van der Waals surface area contributed by atoms with Crippen molar-refractivity contribution >= 4 is 27.3 Å². The normalized spacial score (nSPS) is 5.57. The minimum Gasteiger partial charge on any atom is 2.00 e. The van der Waals surface area contributed by atoms with Gasteiger partial charge in [0, 0.05) is 0 Å². The van der Waals surface area contributed by atoms with Gasteiger partial charge in [0.1, 0.15) is 0 Å². The SMILES string of the molecule is [O]=[Nb](=[O])[O-].[O]=[Nb](=[O])[O-].[O]=[Ti]([O-])[O-].[O]=[Ti]([O-])[O-].[O]=[Ti]([O-])[O-].[Pb+2].[Zn+2].[Zr+4]. The molecule has 0 unspecified atom stereocenters. The largest absolute Gasteiger partial charge is 4.00 e. The van der Waals surface area contributed by atoms with Crippen LogP contribution in [-0.2, 0) is 162 Å². The Hall–Kier alpha value is 4.33. The molecule has 0 N–H and O–H groups in total. The van der Waals surface area contributed by atoms with Gasteiger partial charge in [-0.1, -0.05) is 0 Å². The van der Waals surface area contributed by atoms with E-state index in [0.29, 0.717) is 0 Å². The van der Waals surface area contributed by atoms with Gasteiger partial charge < -0.3 is 0 Å². The van der Waals surface area contributed by atoms with Crippen molar-refractivity contribution in [2.45, 2.75) is 0 Å². The zero-order valence-corrected chi connectivity index (χ0v) is 28.6. The van der Waals surface area contributed by atoms with Crippen LogP contribution in [0.3, 0.4) is 0 Å². The summed E-state index contributed by atoms with van der Waals surface area (Å²) in [5.41, 5.74) is 0. The van der Waals surface area contributed by atoms with Crippen LogP contribution in [0.5, 0.6) is 0 Å². The molecule has 0 atom stereocenters. The zero-order valence-electron chi connectivity index (χ0n) is 10.2. The molecule has 0 spiro atoms. The zero-order chi connectivity index (χ0) is 17.9. The number of hydrogen-bond acceptors (Lipinski definition) is 15. The maximum Gasteiger partial charge on any atom is 4.00 e. The van der Waals surface area contributed by atoms with E-state index in [2.05, 4.69) is 0 Å². The predicted molar refractivity (Wildman–Crippen MR) is 10.6 cm³/mol. The molecule has 0 aromatic rings. The maximum atomic E-state index is 8.60. The smallest absolute Gasteiger partial charge is 2.00 e. The van der Waals surface area contributed by atoms with E-state index < -0.39 is 93.4 Å². The monoisotopic (exact) mass is 931 g/mol. The third-order valence-corrected chi connectivity index (χ3v) is 0. The van der Waals surface area contributed by atoms with Gasteiger partial charge in [-0.15, -0.1) is 0 Å². The first kappa shape index (κ1) is 50.7. The Balaban J connectivity index is -0.0000000197. The van der Waals surface area contributed by atoms with Crippen LogP contribution in [-0.4, -0.2) is 27.3 Å². The minimum absolute atomic E-state index is 0. The Kier molecular flexibility index (Phi) is 99.7. The minimum atomic E-state index is -4.20. The van der Waals surface area contributed by atoms with Gasteiger partial charge in [0.15, 0.2) is 0 Å². The Bertz CT molecular complexity index is 329. The van der Waals surface area contributed by atoms with Crippen LogP contribution < -0.4 is 29.4 Å². The maximum absolute atomic E-state index is 8.60. The standard InChI is InChI=1S/2Nb.15O.Pb.3Ti.Zn.Zr/q;;;;;;;;;8*-1;+2;;;;+2;+4. The van der Waals surface area contributed by atoms with Gasteiger partial charge in [0.25, 0.3) is 0 Å².